The zero-order valence-corrected chi connectivity index (χ0v) is 19.6. The van der Waals surface area contributed by atoms with E-state index in [1.165, 1.54) is 18.4 Å². The molecule has 0 radical (unpaired) electrons. The molecule has 0 aromatic heterocycles. The molecule has 0 spiro atoms. The van der Waals surface area contributed by atoms with Gasteiger partial charge in [-0.1, -0.05) is 25.0 Å². The Morgan fingerprint density at radius 1 is 1.07 bits per heavy atom. The average molecular weight is 438 g/mol. The van der Waals surface area contributed by atoms with Gasteiger partial charge in [-0.15, -0.1) is 0 Å². The quantitative estimate of drug-likeness (QED) is 0.476. The van der Waals surface area contributed by atoms with Crippen LogP contribution in [0.3, 0.4) is 0 Å². The minimum atomic E-state index is -3.44. The van der Waals surface area contributed by atoms with E-state index in [0.717, 1.165) is 31.2 Å². The van der Waals surface area contributed by atoms with Gasteiger partial charge < -0.3 is 15.5 Å². The number of amides is 1. The van der Waals surface area contributed by atoms with E-state index in [9.17, 15) is 13.2 Å². The number of hydrogen-bond donors (Lipinski definition) is 2. The first-order valence-corrected chi connectivity index (χ1v) is 11.8. The molecule has 1 amide bonds. The Bertz CT molecular complexity index is 842. The Kier molecular flexibility index (Phi) is 8.25. The van der Waals surface area contributed by atoms with Crippen LogP contribution in [0.25, 0.3) is 0 Å². The Morgan fingerprint density at radius 2 is 1.67 bits per heavy atom. The Hall–Kier alpha value is -2.13. The van der Waals surface area contributed by atoms with Crippen LogP contribution in [-0.2, 0) is 21.4 Å². The van der Waals surface area contributed by atoms with Crippen LogP contribution in [0.4, 0.5) is 0 Å². The van der Waals surface area contributed by atoms with Gasteiger partial charge in [-0.05, 0) is 37.5 Å². The number of carbonyl (C=O) groups is 1. The van der Waals surface area contributed by atoms with Crippen molar-refractivity contribution in [2.45, 2.75) is 44.0 Å². The second-order valence-electron chi connectivity index (χ2n) is 8.17. The topological polar surface area (TPSA) is 94.1 Å². The predicted octanol–water partition coefficient (Wildman–Crippen LogP) is 1.64. The highest BCUT2D eigenvalue weighted by atomic mass is 32.2. The van der Waals surface area contributed by atoms with E-state index in [4.69, 9.17) is 0 Å². The van der Waals surface area contributed by atoms with Crippen LogP contribution in [0.1, 0.15) is 38.2 Å². The highest BCUT2D eigenvalue weighted by Crippen LogP contribution is 2.38. The third-order valence-corrected chi connectivity index (χ3v) is 7.31. The Morgan fingerprint density at radius 3 is 2.17 bits per heavy atom. The summed E-state index contributed by atoms with van der Waals surface area (Å²) in [6, 6.07) is 6.75. The largest absolute Gasteiger partial charge is 0.357 e. The van der Waals surface area contributed by atoms with Crippen molar-refractivity contribution in [3.63, 3.8) is 0 Å². The number of nitrogens with one attached hydrogen (secondary N) is 2. The lowest BCUT2D eigenvalue weighted by molar-refractivity contribution is -0.138. The molecule has 0 aliphatic heterocycles. The molecule has 1 fully saturated rings. The molecule has 1 aromatic carbocycles. The van der Waals surface area contributed by atoms with Crippen molar-refractivity contribution in [1.82, 2.24) is 19.8 Å². The zero-order chi connectivity index (χ0) is 22.4. The van der Waals surface area contributed by atoms with Crippen molar-refractivity contribution in [2.24, 2.45) is 10.4 Å². The predicted molar refractivity (Wildman–Crippen MR) is 120 cm³/mol. The molecule has 0 unspecified atom stereocenters. The first-order valence-electron chi connectivity index (χ1n) is 10.4. The van der Waals surface area contributed by atoms with Crippen LogP contribution < -0.4 is 10.6 Å². The van der Waals surface area contributed by atoms with Crippen LogP contribution in [0, 0.1) is 5.41 Å². The maximum absolute atomic E-state index is 12.8. The molecule has 0 saturated heterocycles. The Balaban J connectivity index is 2.08. The third-order valence-electron chi connectivity index (χ3n) is 5.48. The summed E-state index contributed by atoms with van der Waals surface area (Å²) in [5.74, 6) is 0.821. The Labute approximate surface area is 180 Å². The fourth-order valence-corrected chi connectivity index (χ4v) is 4.64. The van der Waals surface area contributed by atoms with E-state index >= 15 is 0 Å². The lowest BCUT2D eigenvalue weighted by atomic mass is 9.84. The van der Waals surface area contributed by atoms with E-state index in [1.807, 2.05) is 21.0 Å². The molecule has 0 bridgehead atoms. The van der Waals surface area contributed by atoms with Crippen molar-refractivity contribution in [3.8, 4) is 0 Å². The van der Waals surface area contributed by atoms with E-state index in [2.05, 4.69) is 15.6 Å². The molecule has 0 heterocycles. The van der Waals surface area contributed by atoms with Crippen LogP contribution in [0.5, 0.6) is 0 Å². The molecule has 2 rings (SSSR count). The van der Waals surface area contributed by atoms with Crippen LogP contribution >= 0.6 is 0 Å². The number of rotatable bonds is 8. The fourth-order valence-electron chi connectivity index (χ4n) is 3.74. The van der Waals surface area contributed by atoms with Gasteiger partial charge in [-0.3, -0.25) is 4.79 Å². The minimum absolute atomic E-state index is 0.168. The summed E-state index contributed by atoms with van der Waals surface area (Å²) in [5, 5.41) is 6.57. The van der Waals surface area contributed by atoms with Gasteiger partial charge in [0.25, 0.3) is 0 Å². The van der Waals surface area contributed by atoms with Crippen molar-refractivity contribution < 1.29 is 13.2 Å². The molecule has 1 aromatic rings. The second kappa shape index (κ2) is 10.3. The maximum Gasteiger partial charge on any atom is 0.242 e. The van der Waals surface area contributed by atoms with Crippen LogP contribution in [0.2, 0.25) is 0 Å². The van der Waals surface area contributed by atoms with Crippen molar-refractivity contribution in [2.75, 3.05) is 41.3 Å². The van der Waals surface area contributed by atoms with Crippen LogP contribution in [-0.4, -0.2) is 70.8 Å². The number of hydrogen-bond acceptors (Lipinski definition) is 4. The average Bonchev–Trinajstić information content (AvgIpc) is 3.19. The maximum atomic E-state index is 12.8. The number of carbonyl (C=O) groups excluding carboxylic acids is 1. The smallest absolute Gasteiger partial charge is 0.242 e. The van der Waals surface area contributed by atoms with Gasteiger partial charge in [-0.2, -0.15) is 0 Å². The molecular formula is C21H35N5O3S. The molecule has 1 saturated carbocycles. The van der Waals surface area contributed by atoms with Crippen LogP contribution in [0.15, 0.2) is 34.2 Å². The normalized spacial score (nSPS) is 16.5. The summed E-state index contributed by atoms with van der Waals surface area (Å²) < 4.78 is 25.6. The molecule has 1 aliphatic carbocycles. The van der Waals surface area contributed by atoms with Crippen molar-refractivity contribution in [3.05, 3.63) is 29.8 Å². The first-order chi connectivity index (χ1) is 14.1. The second-order valence-corrected chi connectivity index (χ2v) is 10.3. The summed E-state index contributed by atoms with van der Waals surface area (Å²) in [7, 11) is 3.21. The fraction of sp³-hybridized carbons (Fsp3) is 0.619. The van der Waals surface area contributed by atoms with Gasteiger partial charge in [0, 0.05) is 41.3 Å². The SMILES string of the molecule is CCNC(=NCc1ccc(S(=O)(=O)N(C)C)cc1)NCC1(C(=O)N(C)C)CCCC1. The van der Waals surface area contributed by atoms with Gasteiger partial charge in [0.15, 0.2) is 5.96 Å². The number of nitrogens with zero attached hydrogens (tertiary/aromatic N) is 3. The van der Waals surface area contributed by atoms with E-state index in [-0.39, 0.29) is 16.2 Å². The number of sulfonamides is 1. The third kappa shape index (κ3) is 5.72. The number of benzene rings is 1. The number of guanidine groups is 1. The van der Waals surface area contributed by atoms with Gasteiger partial charge in [0.05, 0.1) is 16.9 Å². The van der Waals surface area contributed by atoms with Gasteiger partial charge >= 0.3 is 0 Å². The van der Waals surface area contributed by atoms with Gasteiger partial charge in [0.1, 0.15) is 0 Å². The van der Waals surface area contributed by atoms with E-state index < -0.39 is 10.0 Å². The molecule has 1 aliphatic rings. The summed E-state index contributed by atoms with van der Waals surface area (Å²) in [5.41, 5.74) is 0.534. The molecule has 30 heavy (non-hydrogen) atoms. The van der Waals surface area contributed by atoms with Gasteiger partial charge in [-0.25, -0.2) is 17.7 Å². The van der Waals surface area contributed by atoms with E-state index in [0.29, 0.717) is 25.6 Å². The molecule has 168 valence electrons. The zero-order valence-electron chi connectivity index (χ0n) is 18.7. The summed E-state index contributed by atoms with van der Waals surface area (Å²) in [6.45, 7) is 3.66. The molecule has 8 nitrogen and oxygen atoms in total. The standard InChI is InChI=1S/C21H35N5O3S/c1-6-22-20(24-16-21(13-7-8-14-21)19(27)25(2)3)23-15-17-9-11-18(12-10-17)30(28,29)26(4)5/h9-12H,6-8,13-16H2,1-5H3,(H2,22,23,24). The van der Waals surface area contributed by atoms with Crippen molar-refractivity contribution in [1.29, 1.82) is 0 Å². The van der Waals surface area contributed by atoms with Gasteiger partial charge in [0.2, 0.25) is 15.9 Å². The molecular weight excluding hydrogens is 402 g/mol. The first kappa shape index (κ1) is 24.1. The minimum Gasteiger partial charge on any atom is -0.357 e. The lowest BCUT2D eigenvalue weighted by Crippen LogP contribution is -2.49. The summed E-state index contributed by atoms with van der Waals surface area (Å²) in [6.07, 6.45) is 3.91. The monoisotopic (exact) mass is 437 g/mol. The highest BCUT2D eigenvalue weighted by molar-refractivity contribution is 7.89. The summed E-state index contributed by atoms with van der Waals surface area (Å²) >= 11 is 0. The number of aliphatic imine (C=N–C) groups is 1. The lowest BCUT2D eigenvalue weighted by Gasteiger charge is -2.31. The summed E-state index contributed by atoms with van der Waals surface area (Å²) in [4.78, 5) is 19.3. The highest BCUT2D eigenvalue weighted by Gasteiger charge is 2.42. The molecule has 2 N–H and O–H groups in total. The molecule has 0 atom stereocenters. The van der Waals surface area contributed by atoms with E-state index in [1.54, 1.807) is 29.2 Å². The van der Waals surface area contributed by atoms with Crippen molar-refractivity contribution >= 4 is 21.9 Å². The molecule has 9 heteroatoms.